The van der Waals surface area contributed by atoms with E-state index in [0.717, 1.165) is 5.56 Å². The molecule has 128 valence electrons. The van der Waals surface area contributed by atoms with E-state index in [1.807, 2.05) is 0 Å². The quantitative estimate of drug-likeness (QED) is 0.758. The lowest BCUT2D eigenvalue weighted by atomic mass is 10.1. The van der Waals surface area contributed by atoms with Crippen LogP contribution >= 0.6 is 0 Å². The van der Waals surface area contributed by atoms with E-state index in [1.165, 1.54) is 0 Å². The Morgan fingerprint density at radius 1 is 1.30 bits per heavy atom. The maximum Gasteiger partial charge on any atom is 0.409 e. The summed E-state index contributed by atoms with van der Waals surface area (Å²) in [6.07, 6.45) is 0.192. The first-order chi connectivity index (χ1) is 10.8. The van der Waals surface area contributed by atoms with Crippen LogP contribution in [-0.2, 0) is 14.8 Å². The number of hydrogen-bond donors (Lipinski definition) is 1. The molecular weight excluding hydrogens is 320 g/mol. The van der Waals surface area contributed by atoms with Crippen LogP contribution in [0.4, 0.5) is 4.79 Å². The van der Waals surface area contributed by atoms with Gasteiger partial charge >= 0.3 is 6.09 Å². The summed E-state index contributed by atoms with van der Waals surface area (Å²) < 4.78 is 37.4. The fourth-order valence-electron chi connectivity index (χ4n) is 2.46. The molecule has 1 heterocycles. The molecule has 23 heavy (non-hydrogen) atoms. The average Bonchev–Trinajstić information content (AvgIpc) is 2.91. The van der Waals surface area contributed by atoms with E-state index in [9.17, 15) is 13.2 Å². The Balaban J connectivity index is 1.96. The SMILES string of the molecule is COc1cc(C)c(S(=O)(=O)NCCCN2CCOC2=O)cc1C. The maximum absolute atomic E-state index is 12.4. The van der Waals surface area contributed by atoms with Crippen molar-refractivity contribution in [3.8, 4) is 5.75 Å². The number of nitrogens with one attached hydrogen (secondary N) is 1. The van der Waals surface area contributed by atoms with Crippen LogP contribution in [0.3, 0.4) is 0 Å². The number of benzene rings is 1. The van der Waals surface area contributed by atoms with E-state index < -0.39 is 10.0 Å². The molecule has 0 saturated carbocycles. The molecule has 0 aliphatic carbocycles. The molecule has 2 rings (SSSR count). The van der Waals surface area contributed by atoms with Gasteiger partial charge < -0.3 is 14.4 Å². The van der Waals surface area contributed by atoms with Crippen LogP contribution in [0.15, 0.2) is 17.0 Å². The first-order valence-corrected chi connectivity index (χ1v) is 8.90. The molecule has 1 aliphatic rings. The van der Waals surface area contributed by atoms with Crippen molar-refractivity contribution >= 4 is 16.1 Å². The largest absolute Gasteiger partial charge is 0.496 e. The molecule has 7 nitrogen and oxygen atoms in total. The standard InChI is InChI=1S/C15H22N2O5S/c1-11-10-14(12(2)9-13(11)21-3)23(19,20)16-5-4-6-17-7-8-22-15(17)18/h9-10,16H,4-8H2,1-3H3. The van der Waals surface area contributed by atoms with E-state index in [-0.39, 0.29) is 17.5 Å². The molecule has 8 heteroatoms. The van der Waals surface area contributed by atoms with Crippen LogP contribution in [-0.4, -0.2) is 52.8 Å². The zero-order valence-electron chi connectivity index (χ0n) is 13.6. The molecule has 1 aromatic carbocycles. The van der Waals surface area contributed by atoms with E-state index in [0.29, 0.717) is 37.4 Å². The van der Waals surface area contributed by atoms with Crippen molar-refractivity contribution in [1.82, 2.24) is 9.62 Å². The Kier molecular flexibility index (Phi) is 5.48. The maximum atomic E-state index is 12.4. The van der Waals surface area contributed by atoms with Crippen molar-refractivity contribution in [2.24, 2.45) is 0 Å². The third-order valence-corrected chi connectivity index (χ3v) is 5.33. The summed E-state index contributed by atoms with van der Waals surface area (Å²) in [4.78, 5) is 13.1. The highest BCUT2D eigenvalue weighted by Crippen LogP contribution is 2.25. The minimum Gasteiger partial charge on any atom is -0.496 e. The molecule has 1 aliphatic heterocycles. The van der Waals surface area contributed by atoms with E-state index in [4.69, 9.17) is 9.47 Å². The third-order valence-electron chi connectivity index (χ3n) is 3.72. The monoisotopic (exact) mass is 342 g/mol. The average molecular weight is 342 g/mol. The van der Waals surface area contributed by atoms with E-state index in [1.54, 1.807) is 38.0 Å². The Morgan fingerprint density at radius 2 is 2.04 bits per heavy atom. The van der Waals surface area contributed by atoms with Crippen LogP contribution in [0.25, 0.3) is 0 Å². The van der Waals surface area contributed by atoms with Crippen LogP contribution in [0.2, 0.25) is 0 Å². The Bertz CT molecular complexity index is 687. The first kappa shape index (κ1) is 17.6. The number of carbonyl (C=O) groups is 1. The topological polar surface area (TPSA) is 84.9 Å². The first-order valence-electron chi connectivity index (χ1n) is 7.42. The second kappa shape index (κ2) is 7.18. The lowest BCUT2D eigenvalue weighted by molar-refractivity contribution is 0.158. The smallest absolute Gasteiger partial charge is 0.409 e. The van der Waals surface area contributed by atoms with E-state index in [2.05, 4.69) is 4.72 Å². The molecule has 0 atom stereocenters. The molecule has 1 aromatic rings. The third kappa shape index (κ3) is 4.14. The molecule has 0 bridgehead atoms. The van der Waals surface area contributed by atoms with Crippen LogP contribution in [0.1, 0.15) is 17.5 Å². The Hall–Kier alpha value is -1.80. The van der Waals surface area contributed by atoms with Gasteiger partial charge in [-0.05, 0) is 43.5 Å². The van der Waals surface area contributed by atoms with Crippen molar-refractivity contribution in [2.45, 2.75) is 25.2 Å². The second-order valence-corrected chi connectivity index (χ2v) is 7.18. The molecule has 0 aromatic heterocycles. The zero-order valence-corrected chi connectivity index (χ0v) is 14.4. The van der Waals surface area contributed by atoms with E-state index >= 15 is 0 Å². The van der Waals surface area contributed by atoms with Gasteiger partial charge in [-0.3, -0.25) is 0 Å². The van der Waals surface area contributed by atoms with Gasteiger partial charge in [0.15, 0.2) is 0 Å². The number of rotatable bonds is 7. The van der Waals surface area contributed by atoms with Gasteiger partial charge in [0.05, 0.1) is 18.6 Å². The number of cyclic esters (lactones) is 1. The van der Waals surface area contributed by atoms with Gasteiger partial charge in [-0.15, -0.1) is 0 Å². The predicted octanol–water partition coefficient (Wildman–Crippen LogP) is 1.43. The van der Waals surface area contributed by atoms with Crippen molar-refractivity contribution in [1.29, 1.82) is 0 Å². The predicted molar refractivity (Wildman–Crippen MR) is 85.2 cm³/mol. The highest BCUT2D eigenvalue weighted by atomic mass is 32.2. The van der Waals surface area contributed by atoms with Gasteiger partial charge in [0.1, 0.15) is 12.4 Å². The second-order valence-electron chi connectivity index (χ2n) is 5.44. The van der Waals surface area contributed by atoms with Gasteiger partial charge in [0.25, 0.3) is 0 Å². The fourth-order valence-corrected chi connectivity index (χ4v) is 3.84. The van der Waals surface area contributed by atoms with Crippen molar-refractivity contribution in [2.75, 3.05) is 33.4 Å². The summed E-state index contributed by atoms with van der Waals surface area (Å²) in [6, 6.07) is 3.32. The van der Waals surface area contributed by atoms with Gasteiger partial charge in [-0.1, -0.05) is 0 Å². The Labute approximate surface area is 136 Å². The lowest BCUT2D eigenvalue weighted by Crippen LogP contribution is -2.30. The summed E-state index contributed by atoms with van der Waals surface area (Å²) >= 11 is 0. The summed E-state index contributed by atoms with van der Waals surface area (Å²) in [5.41, 5.74) is 1.39. The number of ether oxygens (including phenoxy) is 2. The lowest BCUT2D eigenvalue weighted by Gasteiger charge is -2.14. The number of sulfonamides is 1. The summed E-state index contributed by atoms with van der Waals surface area (Å²) in [6.45, 7) is 5.23. The number of aryl methyl sites for hydroxylation is 2. The number of nitrogens with zero attached hydrogens (tertiary/aromatic N) is 1. The van der Waals surface area contributed by atoms with Crippen molar-refractivity contribution in [3.63, 3.8) is 0 Å². The molecule has 1 saturated heterocycles. The minimum atomic E-state index is -3.59. The van der Waals surface area contributed by atoms with Gasteiger partial charge in [-0.2, -0.15) is 0 Å². The Morgan fingerprint density at radius 3 is 2.65 bits per heavy atom. The highest BCUT2D eigenvalue weighted by Gasteiger charge is 2.22. The molecule has 0 spiro atoms. The van der Waals surface area contributed by atoms with Gasteiger partial charge in [0, 0.05) is 13.1 Å². The molecule has 1 amide bonds. The fraction of sp³-hybridized carbons (Fsp3) is 0.533. The van der Waals surface area contributed by atoms with Gasteiger partial charge in [-0.25, -0.2) is 17.9 Å². The number of hydrogen-bond acceptors (Lipinski definition) is 5. The van der Waals surface area contributed by atoms with Crippen molar-refractivity contribution in [3.05, 3.63) is 23.3 Å². The van der Waals surface area contributed by atoms with Crippen molar-refractivity contribution < 1.29 is 22.7 Å². The number of amides is 1. The van der Waals surface area contributed by atoms with Crippen LogP contribution in [0, 0.1) is 13.8 Å². The minimum absolute atomic E-state index is 0.247. The molecule has 0 radical (unpaired) electrons. The summed E-state index contributed by atoms with van der Waals surface area (Å²) in [5.74, 6) is 0.661. The zero-order chi connectivity index (χ0) is 17.0. The van der Waals surface area contributed by atoms with Crippen LogP contribution in [0.5, 0.6) is 5.75 Å². The normalized spacial score (nSPS) is 14.9. The number of carbonyl (C=O) groups excluding carboxylic acids is 1. The number of methoxy groups -OCH3 is 1. The highest BCUT2D eigenvalue weighted by molar-refractivity contribution is 7.89. The summed E-state index contributed by atoms with van der Waals surface area (Å²) in [5, 5.41) is 0. The van der Waals surface area contributed by atoms with Gasteiger partial charge in [0.2, 0.25) is 10.0 Å². The van der Waals surface area contributed by atoms with Crippen LogP contribution < -0.4 is 9.46 Å². The summed E-state index contributed by atoms with van der Waals surface area (Å²) in [7, 11) is -2.03. The molecule has 1 N–H and O–H groups in total. The molecular formula is C15H22N2O5S. The molecule has 0 unspecified atom stereocenters. The molecule has 1 fully saturated rings.